The Kier molecular flexibility index (Phi) is 4.48. The molecule has 98 valence electrons. The minimum absolute atomic E-state index is 0.361. The summed E-state index contributed by atoms with van der Waals surface area (Å²) in [5.74, 6) is -1.09. The summed E-state index contributed by atoms with van der Waals surface area (Å²) in [4.78, 5) is 21.8. The van der Waals surface area contributed by atoms with Crippen LogP contribution in [-0.2, 0) is 16.0 Å². The topological polar surface area (TPSA) is 63.6 Å². The molecule has 0 spiro atoms. The maximum absolute atomic E-state index is 10.9. The number of esters is 1. The third kappa shape index (κ3) is 3.58. The van der Waals surface area contributed by atoms with Crippen molar-refractivity contribution in [2.45, 2.75) is 34.1 Å². The van der Waals surface area contributed by atoms with E-state index in [2.05, 4.69) is 0 Å². The van der Waals surface area contributed by atoms with Gasteiger partial charge in [-0.15, -0.1) is 0 Å². The maximum atomic E-state index is 10.9. The normalized spacial score (nSPS) is 12.0. The van der Waals surface area contributed by atoms with Gasteiger partial charge in [-0.3, -0.25) is 9.59 Å². The summed E-state index contributed by atoms with van der Waals surface area (Å²) >= 11 is 0. The second-order valence-corrected chi connectivity index (χ2v) is 4.57. The smallest absolute Gasteiger partial charge is 0.308 e. The molecular formula is C14H18O4. The minimum Gasteiger partial charge on any atom is -0.481 e. The van der Waals surface area contributed by atoms with Gasteiger partial charge in [-0.05, 0) is 49.1 Å². The highest BCUT2D eigenvalue weighted by Crippen LogP contribution is 2.24. The van der Waals surface area contributed by atoms with E-state index in [1.54, 1.807) is 19.1 Å². The van der Waals surface area contributed by atoms with Gasteiger partial charge in [0.2, 0.25) is 0 Å². The standard InChI is InChI=1S/C14H18O4/c1-8-5-12(18-11(4)15)6-9(2)13(8)7-10(3)14(16)17/h5-6,10H,7H2,1-4H3,(H,16,17). The molecule has 0 aromatic heterocycles. The number of carboxylic acid groups (broad SMARTS) is 1. The average molecular weight is 250 g/mol. The SMILES string of the molecule is CC(=O)Oc1cc(C)c(CC(C)C(=O)O)c(C)c1. The van der Waals surface area contributed by atoms with E-state index in [0.717, 1.165) is 16.7 Å². The van der Waals surface area contributed by atoms with Crippen molar-refractivity contribution in [3.63, 3.8) is 0 Å². The van der Waals surface area contributed by atoms with Gasteiger partial charge in [-0.25, -0.2) is 0 Å². The Hall–Kier alpha value is -1.84. The van der Waals surface area contributed by atoms with Crippen LogP contribution in [0.4, 0.5) is 0 Å². The Morgan fingerprint density at radius 1 is 1.28 bits per heavy atom. The van der Waals surface area contributed by atoms with E-state index in [1.165, 1.54) is 6.92 Å². The van der Waals surface area contributed by atoms with Crippen LogP contribution < -0.4 is 4.74 Å². The van der Waals surface area contributed by atoms with E-state index >= 15 is 0 Å². The van der Waals surface area contributed by atoms with Gasteiger partial charge in [-0.2, -0.15) is 0 Å². The molecule has 0 aliphatic rings. The summed E-state index contributed by atoms with van der Waals surface area (Å²) in [6.45, 7) is 6.82. The summed E-state index contributed by atoms with van der Waals surface area (Å²) in [6, 6.07) is 3.52. The zero-order chi connectivity index (χ0) is 13.9. The molecule has 1 rings (SSSR count). The van der Waals surface area contributed by atoms with Crippen LogP contribution in [0, 0.1) is 19.8 Å². The molecule has 0 saturated heterocycles. The van der Waals surface area contributed by atoms with E-state index in [1.807, 2.05) is 13.8 Å². The van der Waals surface area contributed by atoms with E-state index in [0.29, 0.717) is 12.2 Å². The molecule has 1 atom stereocenters. The molecule has 1 N–H and O–H groups in total. The first-order valence-electron chi connectivity index (χ1n) is 5.82. The van der Waals surface area contributed by atoms with Gasteiger partial charge in [-0.1, -0.05) is 6.92 Å². The zero-order valence-corrected chi connectivity index (χ0v) is 11.1. The number of carboxylic acids is 1. The fraction of sp³-hybridized carbons (Fsp3) is 0.429. The number of carbonyl (C=O) groups is 2. The van der Waals surface area contributed by atoms with Crippen LogP contribution in [0.3, 0.4) is 0 Å². The first kappa shape index (κ1) is 14.2. The molecule has 0 saturated carbocycles. The van der Waals surface area contributed by atoms with Crippen molar-refractivity contribution in [1.29, 1.82) is 0 Å². The van der Waals surface area contributed by atoms with Crippen LogP contribution in [0.5, 0.6) is 5.75 Å². The highest BCUT2D eigenvalue weighted by molar-refractivity contribution is 5.71. The first-order valence-corrected chi connectivity index (χ1v) is 5.82. The molecule has 0 radical (unpaired) electrons. The summed E-state index contributed by atoms with van der Waals surface area (Å²) in [7, 11) is 0. The molecule has 4 nitrogen and oxygen atoms in total. The van der Waals surface area contributed by atoms with Gasteiger partial charge in [0.25, 0.3) is 0 Å². The fourth-order valence-corrected chi connectivity index (χ4v) is 1.89. The largest absolute Gasteiger partial charge is 0.481 e. The van der Waals surface area contributed by atoms with Gasteiger partial charge in [0.05, 0.1) is 5.92 Å². The van der Waals surface area contributed by atoms with Crippen molar-refractivity contribution < 1.29 is 19.4 Å². The summed E-state index contributed by atoms with van der Waals surface area (Å²) in [5.41, 5.74) is 2.89. The molecule has 0 aliphatic heterocycles. The predicted octanol–water partition coefficient (Wildman–Crippen LogP) is 2.49. The molecule has 0 amide bonds. The Morgan fingerprint density at radius 2 is 1.78 bits per heavy atom. The Balaban J connectivity index is 3.01. The van der Waals surface area contributed by atoms with Crippen molar-refractivity contribution in [2.24, 2.45) is 5.92 Å². The molecule has 0 aliphatic carbocycles. The number of aliphatic carboxylic acids is 1. The molecule has 1 aromatic carbocycles. The third-order valence-electron chi connectivity index (χ3n) is 2.86. The average Bonchev–Trinajstić information content (AvgIpc) is 2.21. The third-order valence-corrected chi connectivity index (χ3v) is 2.86. The van der Waals surface area contributed by atoms with Crippen LogP contribution in [-0.4, -0.2) is 17.0 Å². The number of benzene rings is 1. The van der Waals surface area contributed by atoms with Crippen LogP contribution in [0.15, 0.2) is 12.1 Å². The van der Waals surface area contributed by atoms with E-state index < -0.39 is 11.9 Å². The first-order chi connectivity index (χ1) is 8.31. The van der Waals surface area contributed by atoms with Crippen LogP contribution >= 0.6 is 0 Å². The summed E-state index contributed by atoms with van der Waals surface area (Å²) in [6.07, 6.45) is 0.480. The van der Waals surface area contributed by atoms with E-state index in [-0.39, 0.29) is 5.97 Å². The van der Waals surface area contributed by atoms with E-state index in [4.69, 9.17) is 9.84 Å². The van der Waals surface area contributed by atoms with Crippen LogP contribution in [0.2, 0.25) is 0 Å². The van der Waals surface area contributed by atoms with Crippen molar-refractivity contribution in [3.8, 4) is 5.75 Å². The number of rotatable bonds is 4. The van der Waals surface area contributed by atoms with Crippen molar-refractivity contribution in [1.82, 2.24) is 0 Å². The van der Waals surface area contributed by atoms with Gasteiger partial charge >= 0.3 is 11.9 Å². The zero-order valence-electron chi connectivity index (χ0n) is 11.1. The number of carbonyl (C=O) groups excluding carboxylic acids is 1. The lowest BCUT2D eigenvalue weighted by atomic mass is 9.93. The van der Waals surface area contributed by atoms with Crippen molar-refractivity contribution in [2.75, 3.05) is 0 Å². The van der Waals surface area contributed by atoms with Crippen LogP contribution in [0.25, 0.3) is 0 Å². The second-order valence-electron chi connectivity index (χ2n) is 4.57. The van der Waals surface area contributed by atoms with E-state index in [9.17, 15) is 9.59 Å². The molecule has 18 heavy (non-hydrogen) atoms. The monoisotopic (exact) mass is 250 g/mol. The van der Waals surface area contributed by atoms with Gasteiger partial charge in [0, 0.05) is 6.92 Å². The van der Waals surface area contributed by atoms with Gasteiger partial charge < -0.3 is 9.84 Å². The lowest BCUT2D eigenvalue weighted by Crippen LogP contribution is -2.14. The molecule has 4 heteroatoms. The molecule has 1 unspecified atom stereocenters. The number of ether oxygens (including phenoxy) is 1. The molecule has 1 aromatic rings. The number of hydrogen-bond acceptors (Lipinski definition) is 3. The quantitative estimate of drug-likeness (QED) is 0.658. The molecule has 0 heterocycles. The second kappa shape index (κ2) is 5.67. The molecule has 0 fully saturated rings. The lowest BCUT2D eigenvalue weighted by Gasteiger charge is -2.14. The van der Waals surface area contributed by atoms with Gasteiger partial charge in [0.15, 0.2) is 0 Å². The van der Waals surface area contributed by atoms with Crippen molar-refractivity contribution in [3.05, 3.63) is 28.8 Å². The fourth-order valence-electron chi connectivity index (χ4n) is 1.89. The van der Waals surface area contributed by atoms with Crippen molar-refractivity contribution >= 4 is 11.9 Å². The maximum Gasteiger partial charge on any atom is 0.308 e. The minimum atomic E-state index is -0.808. The summed E-state index contributed by atoms with van der Waals surface area (Å²) < 4.78 is 5.03. The highest BCUT2D eigenvalue weighted by atomic mass is 16.5. The van der Waals surface area contributed by atoms with Gasteiger partial charge in [0.1, 0.15) is 5.75 Å². The summed E-state index contributed by atoms with van der Waals surface area (Å²) in [5, 5.41) is 8.93. The molecule has 0 bridgehead atoms. The predicted molar refractivity (Wildman–Crippen MR) is 67.7 cm³/mol. The number of hydrogen-bond donors (Lipinski definition) is 1. The Bertz CT molecular complexity index is 454. The lowest BCUT2D eigenvalue weighted by molar-refractivity contribution is -0.141. The Morgan fingerprint density at radius 3 is 2.17 bits per heavy atom. The highest BCUT2D eigenvalue weighted by Gasteiger charge is 2.15. The van der Waals surface area contributed by atoms with Crippen LogP contribution in [0.1, 0.15) is 30.5 Å². The Labute approximate surface area is 107 Å². The number of aryl methyl sites for hydroxylation is 2. The molecular weight excluding hydrogens is 232 g/mol.